The van der Waals surface area contributed by atoms with Crippen molar-refractivity contribution in [1.29, 1.82) is 0 Å². The van der Waals surface area contributed by atoms with Crippen molar-refractivity contribution in [3.05, 3.63) is 35.9 Å². The van der Waals surface area contributed by atoms with Crippen molar-refractivity contribution in [3.8, 4) is 0 Å². The number of benzene rings is 1. The van der Waals surface area contributed by atoms with Gasteiger partial charge in [-0.05, 0) is 26.3 Å². The first-order chi connectivity index (χ1) is 9.26. The molecule has 0 aliphatic rings. The minimum Gasteiger partial charge on any atom is -0.467 e. The maximum absolute atomic E-state index is 12.1. The fraction of sp³-hybridized carbons (Fsp3) is 0.467. The van der Waals surface area contributed by atoms with Crippen LogP contribution in [0.4, 0.5) is 4.79 Å². The molecule has 0 heterocycles. The number of nitrogens with zero attached hydrogens (tertiary/aromatic N) is 1. The second kappa shape index (κ2) is 6.41. The van der Waals surface area contributed by atoms with E-state index in [2.05, 4.69) is 0 Å². The molecule has 5 heteroatoms. The van der Waals surface area contributed by atoms with Crippen molar-refractivity contribution in [2.24, 2.45) is 0 Å². The number of esters is 1. The van der Waals surface area contributed by atoms with E-state index < -0.39 is 23.7 Å². The minimum absolute atomic E-state index is 0.510. The Morgan fingerprint density at radius 3 is 2.15 bits per heavy atom. The lowest BCUT2D eigenvalue weighted by Gasteiger charge is -2.29. The number of carbonyl (C=O) groups excluding carboxylic acids is 2. The molecule has 0 spiro atoms. The van der Waals surface area contributed by atoms with Gasteiger partial charge in [0.2, 0.25) is 0 Å². The lowest BCUT2D eigenvalue weighted by molar-refractivity contribution is -0.146. The molecular formula is C15H21NO4. The van der Waals surface area contributed by atoms with Gasteiger partial charge in [-0.1, -0.05) is 30.3 Å². The molecule has 110 valence electrons. The number of likely N-dealkylation sites (N-methyl/N-ethyl adjacent to an activating group) is 1. The Balaban J connectivity index is 3.00. The highest BCUT2D eigenvalue weighted by Crippen LogP contribution is 2.23. The summed E-state index contributed by atoms with van der Waals surface area (Å²) in [5.74, 6) is -0.510. The van der Waals surface area contributed by atoms with Crippen LogP contribution in [0.2, 0.25) is 0 Å². The predicted octanol–water partition coefficient (Wildman–Crippen LogP) is 2.77. The molecule has 1 aromatic rings. The largest absolute Gasteiger partial charge is 0.467 e. The van der Waals surface area contributed by atoms with Gasteiger partial charge >= 0.3 is 12.1 Å². The molecule has 0 saturated carbocycles. The van der Waals surface area contributed by atoms with Crippen molar-refractivity contribution >= 4 is 12.1 Å². The van der Waals surface area contributed by atoms with Crippen molar-refractivity contribution in [2.75, 3.05) is 14.2 Å². The maximum Gasteiger partial charge on any atom is 0.411 e. The van der Waals surface area contributed by atoms with E-state index in [0.717, 1.165) is 0 Å². The number of methoxy groups -OCH3 is 1. The van der Waals surface area contributed by atoms with Gasteiger partial charge in [0.15, 0.2) is 6.04 Å². The van der Waals surface area contributed by atoms with Gasteiger partial charge in [-0.25, -0.2) is 9.59 Å². The second-order valence-corrected chi connectivity index (χ2v) is 5.43. The Morgan fingerprint density at radius 1 is 1.15 bits per heavy atom. The monoisotopic (exact) mass is 279 g/mol. The van der Waals surface area contributed by atoms with E-state index in [4.69, 9.17) is 9.47 Å². The minimum atomic E-state index is -0.823. The van der Waals surface area contributed by atoms with Crippen molar-refractivity contribution < 1.29 is 19.1 Å². The van der Waals surface area contributed by atoms with Gasteiger partial charge in [-0.15, -0.1) is 0 Å². The predicted molar refractivity (Wildman–Crippen MR) is 75.2 cm³/mol. The van der Waals surface area contributed by atoms with E-state index in [0.29, 0.717) is 5.56 Å². The summed E-state index contributed by atoms with van der Waals surface area (Å²) in [4.78, 5) is 25.3. The van der Waals surface area contributed by atoms with E-state index in [1.54, 1.807) is 45.0 Å². The van der Waals surface area contributed by atoms with Gasteiger partial charge in [0.1, 0.15) is 5.60 Å². The summed E-state index contributed by atoms with van der Waals surface area (Å²) in [5, 5.41) is 0. The van der Waals surface area contributed by atoms with Crippen LogP contribution in [-0.4, -0.2) is 36.7 Å². The Morgan fingerprint density at radius 2 is 1.70 bits per heavy atom. The number of hydrogen-bond acceptors (Lipinski definition) is 4. The van der Waals surface area contributed by atoms with Crippen LogP contribution < -0.4 is 0 Å². The standard InChI is InChI=1S/C15H21NO4/c1-15(2,3)20-14(18)16(4)12(13(17)19-5)11-9-7-6-8-10-11/h6-10,12H,1-5H3/t12-/m1/s1. The highest BCUT2D eigenvalue weighted by Gasteiger charge is 2.32. The van der Waals surface area contributed by atoms with E-state index >= 15 is 0 Å². The first kappa shape index (κ1) is 16.0. The summed E-state index contributed by atoms with van der Waals surface area (Å²) >= 11 is 0. The van der Waals surface area contributed by atoms with E-state index in [1.165, 1.54) is 19.1 Å². The molecule has 0 radical (unpaired) electrons. The molecule has 1 amide bonds. The topological polar surface area (TPSA) is 55.8 Å². The highest BCUT2D eigenvalue weighted by molar-refractivity contribution is 5.82. The van der Waals surface area contributed by atoms with E-state index in [9.17, 15) is 9.59 Å². The Bertz CT molecular complexity index is 465. The molecule has 0 aliphatic heterocycles. The third-order valence-electron chi connectivity index (χ3n) is 2.61. The second-order valence-electron chi connectivity index (χ2n) is 5.43. The fourth-order valence-electron chi connectivity index (χ4n) is 1.70. The van der Waals surface area contributed by atoms with Gasteiger partial charge in [-0.3, -0.25) is 4.90 Å². The van der Waals surface area contributed by atoms with Crippen LogP contribution in [0.3, 0.4) is 0 Å². The van der Waals surface area contributed by atoms with Crippen LogP contribution in [0.5, 0.6) is 0 Å². The quantitative estimate of drug-likeness (QED) is 0.798. The van der Waals surface area contributed by atoms with Crippen LogP contribution >= 0.6 is 0 Å². The third-order valence-corrected chi connectivity index (χ3v) is 2.61. The molecule has 0 bridgehead atoms. The molecule has 0 N–H and O–H groups in total. The molecule has 1 rings (SSSR count). The molecule has 0 unspecified atom stereocenters. The average molecular weight is 279 g/mol. The lowest BCUT2D eigenvalue weighted by atomic mass is 10.1. The molecule has 0 fully saturated rings. The van der Waals surface area contributed by atoms with E-state index in [1.807, 2.05) is 6.07 Å². The average Bonchev–Trinajstić information content (AvgIpc) is 2.37. The number of rotatable bonds is 3. The van der Waals surface area contributed by atoms with Crippen molar-refractivity contribution in [2.45, 2.75) is 32.4 Å². The summed E-state index contributed by atoms with van der Waals surface area (Å²) in [6, 6.07) is 8.15. The third kappa shape index (κ3) is 4.26. The zero-order chi connectivity index (χ0) is 15.3. The Hall–Kier alpha value is -2.04. The van der Waals surface area contributed by atoms with Gasteiger partial charge in [-0.2, -0.15) is 0 Å². The maximum atomic E-state index is 12.1. The Labute approximate surface area is 119 Å². The summed E-state index contributed by atoms with van der Waals surface area (Å²) in [5.41, 5.74) is 0.0515. The van der Waals surface area contributed by atoms with Gasteiger partial charge in [0.25, 0.3) is 0 Å². The van der Waals surface area contributed by atoms with Crippen molar-refractivity contribution in [1.82, 2.24) is 4.90 Å². The smallest absolute Gasteiger partial charge is 0.411 e. The summed E-state index contributed by atoms with van der Waals surface area (Å²) in [7, 11) is 2.81. The molecule has 1 atom stereocenters. The molecular weight excluding hydrogens is 258 g/mol. The zero-order valence-electron chi connectivity index (χ0n) is 12.5. The SMILES string of the molecule is COC(=O)[C@@H](c1ccccc1)N(C)C(=O)OC(C)(C)C. The van der Waals surface area contributed by atoms with Gasteiger partial charge in [0, 0.05) is 7.05 Å². The normalized spacial score (nSPS) is 12.4. The van der Waals surface area contributed by atoms with Gasteiger partial charge < -0.3 is 9.47 Å². The van der Waals surface area contributed by atoms with E-state index in [-0.39, 0.29) is 0 Å². The Kier molecular flexibility index (Phi) is 5.13. The number of carbonyl (C=O) groups is 2. The van der Waals surface area contributed by atoms with Gasteiger partial charge in [0.05, 0.1) is 7.11 Å². The van der Waals surface area contributed by atoms with Crippen LogP contribution in [0.25, 0.3) is 0 Å². The highest BCUT2D eigenvalue weighted by atomic mass is 16.6. The number of hydrogen-bond donors (Lipinski definition) is 0. The number of amides is 1. The lowest BCUT2D eigenvalue weighted by Crippen LogP contribution is -2.40. The molecule has 0 aromatic heterocycles. The molecule has 0 aliphatic carbocycles. The first-order valence-corrected chi connectivity index (χ1v) is 6.35. The molecule has 5 nitrogen and oxygen atoms in total. The molecule has 20 heavy (non-hydrogen) atoms. The number of ether oxygens (including phenoxy) is 2. The summed E-state index contributed by atoms with van der Waals surface area (Å²) in [6.45, 7) is 5.32. The van der Waals surface area contributed by atoms with Crippen molar-refractivity contribution in [3.63, 3.8) is 0 Å². The van der Waals surface area contributed by atoms with Crippen LogP contribution in [0.1, 0.15) is 32.4 Å². The first-order valence-electron chi connectivity index (χ1n) is 6.35. The zero-order valence-corrected chi connectivity index (χ0v) is 12.5. The van der Waals surface area contributed by atoms with Crippen LogP contribution in [0.15, 0.2) is 30.3 Å². The summed E-state index contributed by atoms with van der Waals surface area (Å²) in [6.07, 6.45) is -0.572. The van der Waals surface area contributed by atoms with Crippen LogP contribution in [0, 0.1) is 0 Å². The molecule has 1 aromatic carbocycles. The molecule has 0 saturated heterocycles. The summed E-state index contributed by atoms with van der Waals surface area (Å²) < 4.78 is 10.1. The fourth-order valence-corrected chi connectivity index (χ4v) is 1.70. The van der Waals surface area contributed by atoms with Crippen LogP contribution in [-0.2, 0) is 14.3 Å².